The van der Waals surface area contributed by atoms with Crippen LogP contribution in [0.1, 0.15) is 31.2 Å². The van der Waals surface area contributed by atoms with E-state index >= 15 is 0 Å². The lowest BCUT2D eigenvalue weighted by atomic mass is 9.53. The Morgan fingerprint density at radius 2 is 2.05 bits per heavy atom. The molecule has 1 aliphatic carbocycles. The first-order chi connectivity index (χ1) is 10.6. The number of halogens is 1. The Balaban J connectivity index is 1.79. The number of carbonyl (C=O) groups is 1. The number of esters is 1. The first-order valence-corrected chi connectivity index (χ1v) is 8.54. The lowest BCUT2D eigenvalue weighted by Crippen LogP contribution is -2.55. The highest BCUT2D eigenvalue weighted by Gasteiger charge is 2.56. The zero-order valence-corrected chi connectivity index (χ0v) is 14.4. The van der Waals surface area contributed by atoms with E-state index in [4.69, 9.17) is 9.47 Å². The maximum Gasteiger partial charge on any atom is 0.331 e. The molecular weight excluding hydrogens is 346 g/mol. The van der Waals surface area contributed by atoms with Gasteiger partial charge >= 0.3 is 5.97 Å². The maximum absolute atomic E-state index is 11.5. The fraction of sp³-hybridized carbons (Fsp3) is 0.588. The van der Waals surface area contributed by atoms with Crippen LogP contribution in [-0.2, 0) is 19.9 Å². The Hall–Kier alpha value is -0.910. The standard InChI is InChI=1S/C17H22BrNO3/c1-21-15(20)10-22-17(13-3-2-4-14(18)9-13)11-16(12-17)5-7-19-8-6-16/h2-4,9,19H,5-8,10-12H2,1H3. The molecule has 1 aromatic carbocycles. The van der Waals surface area contributed by atoms with Crippen molar-refractivity contribution in [1.82, 2.24) is 5.32 Å². The third kappa shape index (κ3) is 3.07. The predicted molar refractivity (Wildman–Crippen MR) is 87.6 cm³/mol. The summed E-state index contributed by atoms with van der Waals surface area (Å²) in [6.45, 7) is 2.16. The van der Waals surface area contributed by atoms with Crippen molar-refractivity contribution in [1.29, 1.82) is 0 Å². The third-order valence-corrected chi connectivity index (χ3v) is 5.52. The van der Waals surface area contributed by atoms with Gasteiger partial charge in [0.25, 0.3) is 0 Å². The van der Waals surface area contributed by atoms with Gasteiger partial charge in [-0.15, -0.1) is 0 Å². The van der Waals surface area contributed by atoms with E-state index in [0.717, 1.165) is 36.0 Å². The van der Waals surface area contributed by atoms with Crippen molar-refractivity contribution in [3.8, 4) is 0 Å². The molecule has 4 nitrogen and oxygen atoms in total. The van der Waals surface area contributed by atoms with E-state index in [0.29, 0.717) is 5.41 Å². The van der Waals surface area contributed by atoms with Crippen molar-refractivity contribution in [3.63, 3.8) is 0 Å². The molecule has 1 N–H and O–H groups in total. The Morgan fingerprint density at radius 3 is 2.68 bits per heavy atom. The fourth-order valence-electron chi connectivity index (χ4n) is 3.89. The zero-order chi connectivity index (χ0) is 15.6. The SMILES string of the molecule is COC(=O)COC1(c2cccc(Br)c2)CC2(CCNCC2)C1. The molecule has 2 aliphatic rings. The van der Waals surface area contributed by atoms with Crippen LogP contribution in [-0.4, -0.2) is 32.8 Å². The fourth-order valence-corrected chi connectivity index (χ4v) is 4.29. The minimum absolute atomic E-state index is 0.0113. The summed E-state index contributed by atoms with van der Waals surface area (Å²) in [5.41, 5.74) is 1.16. The van der Waals surface area contributed by atoms with Gasteiger partial charge < -0.3 is 14.8 Å². The van der Waals surface area contributed by atoms with Gasteiger partial charge in [-0.25, -0.2) is 4.79 Å². The second-order valence-corrected chi connectivity index (χ2v) is 7.39. The molecule has 1 heterocycles. The van der Waals surface area contributed by atoms with Gasteiger partial charge in [0.2, 0.25) is 0 Å². The highest BCUT2D eigenvalue weighted by molar-refractivity contribution is 9.10. The quantitative estimate of drug-likeness (QED) is 0.831. The monoisotopic (exact) mass is 367 g/mol. The normalized spacial score (nSPS) is 22.1. The molecule has 1 aliphatic heterocycles. The first-order valence-electron chi connectivity index (χ1n) is 7.75. The Bertz CT molecular complexity index is 547. The number of ether oxygens (including phenoxy) is 2. The van der Waals surface area contributed by atoms with Gasteiger partial charge in [-0.3, -0.25) is 0 Å². The van der Waals surface area contributed by atoms with Crippen molar-refractivity contribution >= 4 is 21.9 Å². The van der Waals surface area contributed by atoms with E-state index in [1.54, 1.807) is 0 Å². The Labute approximate surface area is 139 Å². The molecule has 0 amide bonds. The number of piperidine rings is 1. The summed E-state index contributed by atoms with van der Waals surface area (Å²) in [7, 11) is 1.40. The molecule has 2 fully saturated rings. The second-order valence-electron chi connectivity index (χ2n) is 6.47. The molecular formula is C17H22BrNO3. The van der Waals surface area contributed by atoms with Crippen molar-refractivity contribution in [2.24, 2.45) is 5.41 Å². The molecule has 3 rings (SSSR count). The average molecular weight is 368 g/mol. The lowest BCUT2D eigenvalue weighted by Gasteiger charge is -2.57. The van der Waals surface area contributed by atoms with E-state index < -0.39 is 0 Å². The maximum atomic E-state index is 11.5. The molecule has 1 aromatic rings. The van der Waals surface area contributed by atoms with Gasteiger partial charge in [0.1, 0.15) is 6.61 Å². The van der Waals surface area contributed by atoms with Gasteiger partial charge in [0, 0.05) is 4.47 Å². The lowest BCUT2D eigenvalue weighted by molar-refractivity contribution is -0.196. The van der Waals surface area contributed by atoms with E-state index in [9.17, 15) is 4.79 Å². The molecule has 120 valence electrons. The molecule has 22 heavy (non-hydrogen) atoms. The summed E-state index contributed by atoms with van der Waals surface area (Å²) in [6.07, 6.45) is 4.33. The largest absolute Gasteiger partial charge is 0.467 e. The van der Waals surface area contributed by atoms with Crippen LogP contribution in [0.5, 0.6) is 0 Å². The number of hydrogen-bond acceptors (Lipinski definition) is 4. The minimum atomic E-state index is -0.352. The van der Waals surface area contributed by atoms with Crippen LogP contribution >= 0.6 is 15.9 Å². The second kappa shape index (κ2) is 6.30. The minimum Gasteiger partial charge on any atom is -0.467 e. The third-order valence-electron chi connectivity index (χ3n) is 5.03. The first kappa shape index (κ1) is 16.0. The zero-order valence-electron chi connectivity index (χ0n) is 12.9. The molecule has 1 spiro atoms. The van der Waals surface area contributed by atoms with Crippen molar-refractivity contribution < 1.29 is 14.3 Å². The number of hydrogen-bond donors (Lipinski definition) is 1. The molecule has 0 unspecified atom stereocenters. The number of nitrogens with one attached hydrogen (secondary N) is 1. The van der Waals surface area contributed by atoms with Crippen molar-refractivity contribution in [2.45, 2.75) is 31.3 Å². The van der Waals surface area contributed by atoms with E-state index in [1.807, 2.05) is 12.1 Å². The molecule has 1 saturated carbocycles. The summed E-state index contributed by atoms with van der Waals surface area (Å²) in [6, 6.07) is 8.23. The number of methoxy groups -OCH3 is 1. The average Bonchev–Trinajstić information content (AvgIpc) is 2.51. The van der Waals surface area contributed by atoms with Crippen LogP contribution in [0.2, 0.25) is 0 Å². The van der Waals surface area contributed by atoms with Gasteiger partial charge in [0.15, 0.2) is 0 Å². The summed E-state index contributed by atoms with van der Waals surface area (Å²) in [4.78, 5) is 11.5. The van der Waals surface area contributed by atoms with Gasteiger partial charge in [0.05, 0.1) is 12.7 Å². The van der Waals surface area contributed by atoms with Crippen molar-refractivity contribution in [2.75, 3.05) is 26.8 Å². The number of rotatable bonds is 4. The van der Waals surface area contributed by atoms with Crippen molar-refractivity contribution in [3.05, 3.63) is 34.3 Å². The smallest absolute Gasteiger partial charge is 0.331 e. The molecule has 0 bridgehead atoms. The highest BCUT2D eigenvalue weighted by Crippen LogP contribution is 2.60. The van der Waals surface area contributed by atoms with Gasteiger partial charge in [-0.2, -0.15) is 0 Å². The Kier molecular flexibility index (Phi) is 4.57. The molecule has 0 atom stereocenters. The molecule has 0 radical (unpaired) electrons. The summed E-state index contributed by atoms with van der Waals surface area (Å²) in [5, 5.41) is 3.42. The van der Waals surface area contributed by atoms with Crippen LogP contribution in [0.3, 0.4) is 0 Å². The van der Waals surface area contributed by atoms with Gasteiger partial charge in [-0.05, 0) is 61.9 Å². The number of carbonyl (C=O) groups excluding carboxylic acids is 1. The molecule has 1 saturated heterocycles. The number of benzene rings is 1. The summed E-state index contributed by atoms with van der Waals surface area (Å²) >= 11 is 3.53. The van der Waals surface area contributed by atoms with Crippen LogP contribution < -0.4 is 5.32 Å². The van der Waals surface area contributed by atoms with Crippen LogP contribution in [0.25, 0.3) is 0 Å². The summed E-state index contributed by atoms with van der Waals surface area (Å²) in [5.74, 6) is -0.319. The topological polar surface area (TPSA) is 47.6 Å². The Morgan fingerprint density at radius 1 is 1.32 bits per heavy atom. The predicted octanol–water partition coefficient (Wildman–Crippen LogP) is 3.00. The van der Waals surface area contributed by atoms with Gasteiger partial charge in [-0.1, -0.05) is 28.1 Å². The van der Waals surface area contributed by atoms with Crippen LogP contribution in [0.4, 0.5) is 0 Å². The summed E-state index contributed by atoms with van der Waals surface area (Å²) < 4.78 is 11.8. The van der Waals surface area contributed by atoms with E-state index in [-0.39, 0.29) is 18.2 Å². The van der Waals surface area contributed by atoms with Crippen LogP contribution in [0, 0.1) is 5.41 Å². The molecule has 5 heteroatoms. The van der Waals surface area contributed by atoms with E-state index in [1.165, 1.54) is 20.0 Å². The highest BCUT2D eigenvalue weighted by atomic mass is 79.9. The molecule has 0 aromatic heterocycles. The van der Waals surface area contributed by atoms with Crippen LogP contribution in [0.15, 0.2) is 28.7 Å². The van der Waals surface area contributed by atoms with E-state index in [2.05, 4.69) is 33.4 Å².